The van der Waals surface area contributed by atoms with E-state index in [1.165, 1.54) is 30.2 Å². The molecule has 5 nitrogen and oxygen atoms in total. The molecule has 29 heavy (non-hydrogen) atoms. The van der Waals surface area contributed by atoms with Crippen molar-refractivity contribution in [2.45, 2.75) is 44.7 Å². The van der Waals surface area contributed by atoms with Gasteiger partial charge in [-0.05, 0) is 49.1 Å². The largest absolute Gasteiger partial charge is 0.367 e. The van der Waals surface area contributed by atoms with Crippen LogP contribution in [0.15, 0.2) is 41.8 Å². The van der Waals surface area contributed by atoms with E-state index in [9.17, 15) is 0 Å². The van der Waals surface area contributed by atoms with Crippen LogP contribution in [0.4, 0.5) is 11.8 Å². The minimum atomic E-state index is 0.481. The molecule has 0 spiro atoms. The highest BCUT2D eigenvalue weighted by atomic mass is 32.1. The Kier molecular flexibility index (Phi) is 5.63. The van der Waals surface area contributed by atoms with Gasteiger partial charge in [0.25, 0.3) is 0 Å². The molecule has 1 aromatic carbocycles. The van der Waals surface area contributed by atoms with E-state index in [0.717, 1.165) is 62.2 Å². The molecule has 2 saturated heterocycles. The summed E-state index contributed by atoms with van der Waals surface area (Å²) < 4.78 is 0. The maximum atomic E-state index is 4.97. The number of nitrogens with zero attached hydrogens (tertiary/aromatic N) is 4. The molecular weight excluding hydrogens is 378 g/mol. The quantitative estimate of drug-likeness (QED) is 0.661. The average Bonchev–Trinajstić information content (AvgIpc) is 3.26. The van der Waals surface area contributed by atoms with Crippen LogP contribution in [0.2, 0.25) is 0 Å². The highest BCUT2D eigenvalue weighted by Crippen LogP contribution is 2.30. The summed E-state index contributed by atoms with van der Waals surface area (Å²) in [5.41, 5.74) is 1.40. The van der Waals surface area contributed by atoms with Crippen LogP contribution in [-0.4, -0.2) is 47.1 Å². The van der Waals surface area contributed by atoms with E-state index in [4.69, 9.17) is 9.97 Å². The lowest BCUT2D eigenvalue weighted by Gasteiger charge is -2.33. The van der Waals surface area contributed by atoms with E-state index in [2.05, 4.69) is 56.9 Å². The molecule has 1 N–H and O–H groups in total. The van der Waals surface area contributed by atoms with Gasteiger partial charge in [0.2, 0.25) is 5.95 Å². The normalized spacial score (nSPS) is 19.0. The lowest BCUT2D eigenvalue weighted by molar-refractivity contribution is 0.211. The molecule has 0 amide bonds. The van der Waals surface area contributed by atoms with Crippen molar-refractivity contribution >= 4 is 33.3 Å². The van der Waals surface area contributed by atoms with Crippen LogP contribution in [0.1, 0.15) is 37.7 Å². The topological polar surface area (TPSA) is 44.3 Å². The van der Waals surface area contributed by atoms with Gasteiger partial charge in [-0.15, -0.1) is 11.3 Å². The summed E-state index contributed by atoms with van der Waals surface area (Å²) in [6.45, 7) is 5.46. The zero-order chi connectivity index (χ0) is 19.5. The summed E-state index contributed by atoms with van der Waals surface area (Å²) in [5.74, 6) is 1.93. The summed E-state index contributed by atoms with van der Waals surface area (Å²) in [4.78, 5) is 15.9. The summed E-state index contributed by atoms with van der Waals surface area (Å²) in [5, 5.41) is 7.08. The predicted molar refractivity (Wildman–Crippen MR) is 122 cm³/mol. The third-order valence-electron chi connectivity index (χ3n) is 6.13. The number of likely N-dealkylation sites (tertiary alicyclic amines) is 1. The molecule has 0 atom stereocenters. The van der Waals surface area contributed by atoms with Gasteiger partial charge in [-0.3, -0.25) is 4.90 Å². The van der Waals surface area contributed by atoms with E-state index >= 15 is 0 Å². The van der Waals surface area contributed by atoms with E-state index in [1.54, 1.807) is 11.3 Å². The first-order chi connectivity index (χ1) is 14.3. The summed E-state index contributed by atoms with van der Waals surface area (Å²) in [6.07, 6.45) is 6.12. The van der Waals surface area contributed by atoms with Gasteiger partial charge in [-0.1, -0.05) is 30.3 Å². The average molecular weight is 408 g/mol. The molecule has 2 aliphatic heterocycles. The molecular formula is C23H29N5S. The second-order valence-corrected chi connectivity index (χ2v) is 9.13. The lowest BCUT2D eigenvalue weighted by Crippen LogP contribution is -2.39. The molecule has 152 valence electrons. The van der Waals surface area contributed by atoms with Gasteiger partial charge in [0.1, 0.15) is 10.6 Å². The van der Waals surface area contributed by atoms with Crippen LogP contribution in [-0.2, 0) is 6.54 Å². The van der Waals surface area contributed by atoms with Gasteiger partial charge >= 0.3 is 0 Å². The molecule has 0 aliphatic carbocycles. The molecule has 5 rings (SSSR count). The number of anilines is 2. The van der Waals surface area contributed by atoms with Gasteiger partial charge < -0.3 is 10.2 Å². The van der Waals surface area contributed by atoms with Crippen LogP contribution in [0.25, 0.3) is 10.2 Å². The van der Waals surface area contributed by atoms with Crippen molar-refractivity contribution in [3.05, 3.63) is 47.3 Å². The first-order valence-corrected chi connectivity index (χ1v) is 11.8. The molecule has 0 bridgehead atoms. The zero-order valence-electron chi connectivity index (χ0n) is 16.9. The molecule has 2 fully saturated rings. The molecule has 4 heterocycles. The highest BCUT2D eigenvalue weighted by molar-refractivity contribution is 7.16. The number of benzene rings is 1. The fourth-order valence-electron chi connectivity index (χ4n) is 4.46. The van der Waals surface area contributed by atoms with Crippen molar-refractivity contribution in [3.63, 3.8) is 0 Å². The number of hydrogen-bond acceptors (Lipinski definition) is 6. The standard InChI is InChI=1S/C23H29N5S/c1-3-7-18(8-4-1)17-27-14-9-19(10-15-27)24-21-20-11-16-29-22(20)26-23(25-21)28-12-5-2-6-13-28/h1,3-4,7-8,11,16,19H,2,5-6,9-10,12-15,17H2,(H,24,25,26). The van der Waals surface area contributed by atoms with Gasteiger partial charge in [-0.2, -0.15) is 4.98 Å². The number of rotatable bonds is 5. The number of nitrogens with one attached hydrogen (secondary N) is 1. The smallest absolute Gasteiger partial charge is 0.228 e. The van der Waals surface area contributed by atoms with Crippen molar-refractivity contribution in [1.82, 2.24) is 14.9 Å². The van der Waals surface area contributed by atoms with Crippen molar-refractivity contribution in [3.8, 4) is 0 Å². The molecule has 2 aromatic heterocycles. The maximum Gasteiger partial charge on any atom is 0.228 e. The van der Waals surface area contributed by atoms with Crippen LogP contribution < -0.4 is 10.2 Å². The second-order valence-electron chi connectivity index (χ2n) is 8.24. The van der Waals surface area contributed by atoms with E-state index in [0.29, 0.717) is 6.04 Å². The number of fused-ring (bicyclic) bond motifs is 1. The van der Waals surface area contributed by atoms with Crippen LogP contribution >= 0.6 is 11.3 Å². The van der Waals surface area contributed by atoms with Crippen molar-refractivity contribution < 1.29 is 0 Å². The van der Waals surface area contributed by atoms with Crippen LogP contribution in [0, 0.1) is 0 Å². The van der Waals surface area contributed by atoms with Gasteiger partial charge in [0.05, 0.1) is 5.39 Å². The molecule has 2 aliphatic rings. The third-order valence-corrected chi connectivity index (χ3v) is 6.94. The summed E-state index contributed by atoms with van der Waals surface area (Å²) in [7, 11) is 0. The van der Waals surface area contributed by atoms with Crippen molar-refractivity contribution in [1.29, 1.82) is 0 Å². The van der Waals surface area contributed by atoms with Crippen LogP contribution in [0.3, 0.4) is 0 Å². The second kappa shape index (κ2) is 8.67. The van der Waals surface area contributed by atoms with Gasteiger partial charge in [0, 0.05) is 38.8 Å². The number of hydrogen-bond donors (Lipinski definition) is 1. The monoisotopic (exact) mass is 407 g/mol. The summed E-state index contributed by atoms with van der Waals surface area (Å²) in [6, 6.07) is 13.4. The lowest BCUT2D eigenvalue weighted by atomic mass is 10.0. The van der Waals surface area contributed by atoms with Crippen molar-refractivity contribution in [2.75, 3.05) is 36.4 Å². The zero-order valence-corrected chi connectivity index (χ0v) is 17.7. The Hall–Kier alpha value is -2.18. The first-order valence-electron chi connectivity index (χ1n) is 10.9. The summed E-state index contributed by atoms with van der Waals surface area (Å²) >= 11 is 1.72. The minimum absolute atomic E-state index is 0.481. The van der Waals surface area contributed by atoms with E-state index in [-0.39, 0.29) is 0 Å². The molecule has 0 radical (unpaired) electrons. The minimum Gasteiger partial charge on any atom is -0.367 e. The Morgan fingerprint density at radius 1 is 0.931 bits per heavy atom. The Morgan fingerprint density at radius 2 is 1.72 bits per heavy atom. The molecule has 6 heteroatoms. The molecule has 0 saturated carbocycles. The maximum absolute atomic E-state index is 4.97. The Bertz CT molecular complexity index is 927. The van der Waals surface area contributed by atoms with E-state index < -0.39 is 0 Å². The van der Waals surface area contributed by atoms with Gasteiger partial charge in [0.15, 0.2) is 0 Å². The third kappa shape index (κ3) is 4.38. The first kappa shape index (κ1) is 18.8. The molecule has 3 aromatic rings. The SMILES string of the molecule is c1ccc(CN2CCC(Nc3nc(N4CCCCC4)nc4sccc34)CC2)cc1. The Balaban J connectivity index is 1.26. The van der Waals surface area contributed by atoms with E-state index in [1.807, 2.05) is 0 Å². The van der Waals surface area contributed by atoms with Crippen molar-refractivity contribution in [2.24, 2.45) is 0 Å². The number of thiophene rings is 1. The Morgan fingerprint density at radius 3 is 2.52 bits per heavy atom. The fourth-order valence-corrected chi connectivity index (χ4v) is 5.22. The highest BCUT2D eigenvalue weighted by Gasteiger charge is 2.22. The Labute approximate surface area is 176 Å². The predicted octanol–water partition coefficient (Wildman–Crippen LogP) is 4.76. The number of piperidine rings is 2. The fraction of sp³-hybridized carbons (Fsp3) is 0.478. The number of aromatic nitrogens is 2. The van der Waals surface area contributed by atoms with Gasteiger partial charge in [-0.25, -0.2) is 4.98 Å². The van der Waals surface area contributed by atoms with Crippen LogP contribution in [0.5, 0.6) is 0 Å². The molecule has 0 unspecified atom stereocenters.